The van der Waals surface area contributed by atoms with Gasteiger partial charge < -0.3 is 0 Å². The predicted octanol–water partition coefficient (Wildman–Crippen LogP) is 11.8. The van der Waals surface area contributed by atoms with Crippen LogP contribution in [0.1, 0.15) is 115 Å². The third kappa shape index (κ3) is 10.7. The van der Waals surface area contributed by atoms with Gasteiger partial charge in [0, 0.05) is 0 Å². The lowest BCUT2D eigenvalue weighted by atomic mass is 9.93. The second kappa shape index (κ2) is 18.0. The number of benzene rings is 3. The Hall–Kier alpha value is -2.34. The quantitative estimate of drug-likeness (QED) is 0.149. The molecule has 0 amide bonds. The Morgan fingerprint density at radius 2 is 0.750 bits per heavy atom. The zero-order valence-electron chi connectivity index (χ0n) is 23.0. The highest BCUT2D eigenvalue weighted by molar-refractivity contribution is 5.83. The molecule has 3 aromatic rings. The maximum absolute atomic E-state index is 2.34. The minimum absolute atomic E-state index is 1.21. The Labute approximate surface area is 222 Å². The number of rotatable bonds is 19. The van der Waals surface area contributed by atoms with Crippen LogP contribution in [0, 0.1) is 0 Å². The second-order valence-electron chi connectivity index (χ2n) is 10.7. The van der Waals surface area contributed by atoms with E-state index in [1.54, 1.807) is 0 Å². The van der Waals surface area contributed by atoms with E-state index in [9.17, 15) is 0 Å². The summed E-state index contributed by atoms with van der Waals surface area (Å²) < 4.78 is 0. The molecule has 0 spiro atoms. The summed E-state index contributed by atoms with van der Waals surface area (Å²) >= 11 is 0. The van der Waals surface area contributed by atoms with Crippen LogP contribution in [0.5, 0.6) is 0 Å². The summed E-state index contributed by atoms with van der Waals surface area (Å²) in [7, 11) is 0. The average molecular weight is 483 g/mol. The van der Waals surface area contributed by atoms with Gasteiger partial charge in [-0.05, 0) is 40.7 Å². The van der Waals surface area contributed by atoms with Crippen molar-refractivity contribution in [2.24, 2.45) is 0 Å². The van der Waals surface area contributed by atoms with Crippen molar-refractivity contribution in [3.63, 3.8) is 0 Å². The molecule has 0 nitrogen and oxygen atoms in total. The Bertz CT molecular complexity index is 922. The summed E-state index contributed by atoms with van der Waals surface area (Å²) in [6.07, 6.45) is 24.1. The van der Waals surface area contributed by atoms with E-state index in [1.807, 2.05) is 0 Å². The Kier molecular flexibility index (Phi) is 14.1. The van der Waals surface area contributed by atoms with Crippen molar-refractivity contribution in [3.05, 3.63) is 84.4 Å². The third-order valence-corrected chi connectivity index (χ3v) is 7.60. The van der Waals surface area contributed by atoms with Gasteiger partial charge in [0.1, 0.15) is 0 Å². The summed E-state index contributed by atoms with van der Waals surface area (Å²) in [5.74, 6) is 0. The fraction of sp³-hybridized carbons (Fsp3) is 0.500. The predicted molar refractivity (Wildman–Crippen MR) is 161 cm³/mol. The van der Waals surface area contributed by atoms with Gasteiger partial charge in [-0.1, -0.05) is 182 Å². The molecule has 0 fully saturated rings. The van der Waals surface area contributed by atoms with Gasteiger partial charge in [0.2, 0.25) is 0 Å². The van der Waals surface area contributed by atoms with Gasteiger partial charge in [-0.15, -0.1) is 0 Å². The van der Waals surface area contributed by atoms with Crippen LogP contribution in [-0.2, 0) is 6.42 Å². The lowest BCUT2D eigenvalue weighted by Gasteiger charge is -2.11. The summed E-state index contributed by atoms with van der Waals surface area (Å²) in [4.78, 5) is 0. The van der Waals surface area contributed by atoms with E-state index in [4.69, 9.17) is 0 Å². The second-order valence-corrected chi connectivity index (χ2v) is 10.7. The van der Waals surface area contributed by atoms with Gasteiger partial charge in [0.25, 0.3) is 0 Å². The van der Waals surface area contributed by atoms with Crippen molar-refractivity contribution in [2.75, 3.05) is 0 Å². The summed E-state index contributed by atoms with van der Waals surface area (Å²) in [6.45, 7) is 2.30. The highest BCUT2D eigenvalue weighted by atomic mass is 14.1. The summed E-state index contributed by atoms with van der Waals surface area (Å²) in [5, 5.41) is 0. The van der Waals surface area contributed by atoms with Crippen molar-refractivity contribution in [1.82, 2.24) is 0 Å². The Morgan fingerprint density at radius 1 is 0.361 bits per heavy atom. The molecule has 0 heteroatoms. The molecule has 194 valence electrons. The number of unbranched alkanes of at least 4 members (excludes halogenated alkanes) is 15. The van der Waals surface area contributed by atoms with Crippen molar-refractivity contribution < 1.29 is 0 Å². The smallest absolute Gasteiger partial charge is 0.0105 e. The molecule has 0 atom stereocenters. The van der Waals surface area contributed by atoms with Crippen molar-refractivity contribution in [3.8, 4) is 22.3 Å². The molecular weight excluding hydrogens is 432 g/mol. The van der Waals surface area contributed by atoms with Crippen LogP contribution >= 0.6 is 0 Å². The van der Waals surface area contributed by atoms with Crippen LogP contribution in [0.25, 0.3) is 22.3 Å². The molecule has 3 aromatic carbocycles. The molecule has 0 heterocycles. The van der Waals surface area contributed by atoms with Crippen LogP contribution < -0.4 is 0 Å². The van der Waals surface area contributed by atoms with E-state index >= 15 is 0 Å². The molecule has 0 aliphatic carbocycles. The van der Waals surface area contributed by atoms with E-state index in [-0.39, 0.29) is 0 Å². The lowest BCUT2D eigenvalue weighted by molar-refractivity contribution is 0.529. The molecule has 3 rings (SSSR count). The van der Waals surface area contributed by atoms with Gasteiger partial charge >= 0.3 is 0 Å². The van der Waals surface area contributed by atoms with Crippen molar-refractivity contribution in [2.45, 2.75) is 116 Å². The summed E-state index contributed by atoms with van der Waals surface area (Å²) in [6, 6.07) is 28.8. The minimum Gasteiger partial charge on any atom is -0.0654 e. The highest BCUT2D eigenvalue weighted by Crippen LogP contribution is 2.32. The SMILES string of the molecule is CCCCCCCCCCCCCCCCCCc1ccc(-c2ccccc2-c2ccccc2)cc1. The van der Waals surface area contributed by atoms with E-state index in [2.05, 4.69) is 85.8 Å². The number of aryl methyl sites for hydroxylation is 1. The van der Waals surface area contributed by atoms with Crippen LogP contribution in [0.15, 0.2) is 78.9 Å². The fourth-order valence-corrected chi connectivity index (χ4v) is 5.33. The van der Waals surface area contributed by atoms with Crippen LogP contribution in [0.3, 0.4) is 0 Å². The molecule has 0 bridgehead atoms. The normalized spacial score (nSPS) is 11.1. The summed E-state index contributed by atoms with van der Waals surface area (Å²) in [5.41, 5.74) is 6.69. The molecule has 0 aliphatic rings. The van der Waals surface area contributed by atoms with E-state index in [0.29, 0.717) is 0 Å². The van der Waals surface area contributed by atoms with Gasteiger partial charge in [-0.2, -0.15) is 0 Å². The molecule has 36 heavy (non-hydrogen) atoms. The minimum atomic E-state index is 1.21. The molecule has 0 N–H and O–H groups in total. The highest BCUT2D eigenvalue weighted by Gasteiger charge is 2.06. The fourth-order valence-electron chi connectivity index (χ4n) is 5.33. The lowest BCUT2D eigenvalue weighted by Crippen LogP contribution is -1.89. The van der Waals surface area contributed by atoms with Gasteiger partial charge in [-0.25, -0.2) is 0 Å². The zero-order chi connectivity index (χ0) is 25.1. The first kappa shape index (κ1) is 28.2. The van der Waals surface area contributed by atoms with Gasteiger partial charge in [0.15, 0.2) is 0 Å². The number of hydrogen-bond donors (Lipinski definition) is 0. The zero-order valence-corrected chi connectivity index (χ0v) is 23.0. The largest absolute Gasteiger partial charge is 0.0654 e. The molecule has 0 saturated carbocycles. The van der Waals surface area contributed by atoms with Gasteiger partial charge in [0.05, 0.1) is 0 Å². The number of hydrogen-bond acceptors (Lipinski definition) is 0. The Balaban J connectivity index is 1.23. The molecular formula is C36H50. The molecule has 0 aromatic heterocycles. The standard InChI is InChI=1S/C36H50/c1-2-3-4-5-6-7-8-9-10-11-12-13-14-15-16-18-23-32-28-30-34(31-29-32)36-27-22-21-26-35(36)33-24-19-17-20-25-33/h17,19-22,24-31H,2-16,18,23H2,1H3. The topological polar surface area (TPSA) is 0 Å². The average Bonchev–Trinajstić information content (AvgIpc) is 2.93. The first-order valence-electron chi connectivity index (χ1n) is 15.1. The first-order valence-corrected chi connectivity index (χ1v) is 15.1. The first-order chi connectivity index (χ1) is 17.9. The van der Waals surface area contributed by atoms with Crippen LogP contribution in [0.2, 0.25) is 0 Å². The molecule has 0 unspecified atom stereocenters. The van der Waals surface area contributed by atoms with Crippen molar-refractivity contribution in [1.29, 1.82) is 0 Å². The third-order valence-electron chi connectivity index (χ3n) is 7.60. The van der Waals surface area contributed by atoms with Crippen LogP contribution in [-0.4, -0.2) is 0 Å². The van der Waals surface area contributed by atoms with E-state index < -0.39 is 0 Å². The Morgan fingerprint density at radius 3 is 1.22 bits per heavy atom. The maximum atomic E-state index is 2.34. The molecule has 0 radical (unpaired) electrons. The molecule has 0 aliphatic heterocycles. The van der Waals surface area contributed by atoms with Crippen LogP contribution in [0.4, 0.5) is 0 Å². The maximum Gasteiger partial charge on any atom is -0.0105 e. The van der Waals surface area contributed by atoms with Gasteiger partial charge in [-0.3, -0.25) is 0 Å². The van der Waals surface area contributed by atoms with E-state index in [1.165, 1.54) is 137 Å². The van der Waals surface area contributed by atoms with Crippen molar-refractivity contribution >= 4 is 0 Å². The molecule has 0 saturated heterocycles. The monoisotopic (exact) mass is 482 g/mol. The van der Waals surface area contributed by atoms with E-state index in [0.717, 1.165) is 0 Å².